The molecule has 1 heterocycles. The number of hydrogen-bond acceptors (Lipinski definition) is 2. The Labute approximate surface area is 152 Å². The zero-order chi connectivity index (χ0) is 16.9. The molecule has 0 bridgehead atoms. The molecule has 0 aliphatic rings. The summed E-state index contributed by atoms with van der Waals surface area (Å²) in [7, 11) is 1.44. The molecule has 0 spiro atoms. The SMILES string of the molecule is COc1ccc(C[n+]2ccc(C(=O)c3ccccc3)cc2)cc1F.[Cl-]. The van der Waals surface area contributed by atoms with Crippen LogP contribution < -0.4 is 21.7 Å². The summed E-state index contributed by atoms with van der Waals surface area (Å²) in [6.45, 7) is 0.515. The van der Waals surface area contributed by atoms with E-state index < -0.39 is 0 Å². The molecular formula is C20H17ClFNO2. The Morgan fingerprint density at radius 2 is 1.64 bits per heavy atom. The van der Waals surface area contributed by atoms with Gasteiger partial charge in [0.25, 0.3) is 0 Å². The zero-order valence-electron chi connectivity index (χ0n) is 13.7. The maximum Gasteiger partial charge on any atom is 0.193 e. The predicted molar refractivity (Wildman–Crippen MR) is 88.6 cm³/mol. The van der Waals surface area contributed by atoms with Crippen LogP contribution in [0.25, 0.3) is 0 Å². The summed E-state index contributed by atoms with van der Waals surface area (Å²) in [6.07, 6.45) is 3.64. The number of ketones is 1. The van der Waals surface area contributed by atoms with Crippen molar-refractivity contribution in [1.82, 2.24) is 0 Å². The van der Waals surface area contributed by atoms with E-state index in [1.165, 1.54) is 13.2 Å². The van der Waals surface area contributed by atoms with Gasteiger partial charge in [-0.2, -0.15) is 0 Å². The van der Waals surface area contributed by atoms with Crippen molar-refractivity contribution in [2.75, 3.05) is 7.11 Å². The van der Waals surface area contributed by atoms with Gasteiger partial charge in [-0.1, -0.05) is 30.3 Å². The molecule has 128 valence electrons. The van der Waals surface area contributed by atoms with Crippen LogP contribution in [0.2, 0.25) is 0 Å². The number of rotatable bonds is 5. The number of hydrogen-bond donors (Lipinski definition) is 0. The molecule has 0 aliphatic heterocycles. The number of aromatic nitrogens is 1. The van der Waals surface area contributed by atoms with E-state index in [1.807, 2.05) is 41.2 Å². The molecule has 0 unspecified atom stereocenters. The number of halogens is 2. The molecule has 0 aliphatic carbocycles. The number of pyridine rings is 1. The number of methoxy groups -OCH3 is 1. The largest absolute Gasteiger partial charge is 1.00 e. The van der Waals surface area contributed by atoms with Gasteiger partial charge in [-0.25, -0.2) is 8.96 Å². The lowest BCUT2D eigenvalue weighted by Gasteiger charge is -2.04. The molecule has 25 heavy (non-hydrogen) atoms. The fourth-order valence-corrected chi connectivity index (χ4v) is 2.49. The molecule has 5 heteroatoms. The lowest BCUT2D eigenvalue weighted by molar-refractivity contribution is -0.688. The molecule has 0 amide bonds. The third kappa shape index (κ3) is 4.43. The predicted octanol–water partition coefficient (Wildman–Crippen LogP) is 0.405. The molecule has 2 aromatic carbocycles. The lowest BCUT2D eigenvalue weighted by Crippen LogP contribution is -3.00. The fourth-order valence-electron chi connectivity index (χ4n) is 2.49. The number of ether oxygens (including phenoxy) is 1. The number of carbonyl (C=O) groups excluding carboxylic acids is 1. The first-order valence-electron chi connectivity index (χ1n) is 7.58. The molecule has 3 aromatic rings. The molecule has 0 fully saturated rings. The van der Waals surface area contributed by atoms with Gasteiger partial charge in [0.1, 0.15) is 0 Å². The van der Waals surface area contributed by atoms with Crippen molar-refractivity contribution in [3.8, 4) is 5.75 Å². The molecule has 0 atom stereocenters. The quantitative estimate of drug-likeness (QED) is 0.489. The summed E-state index contributed by atoms with van der Waals surface area (Å²) in [5.41, 5.74) is 2.10. The second-order valence-corrected chi connectivity index (χ2v) is 5.42. The third-order valence-electron chi connectivity index (χ3n) is 3.77. The summed E-state index contributed by atoms with van der Waals surface area (Å²) in [5.74, 6) is -0.169. The van der Waals surface area contributed by atoms with Gasteiger partial charge in [-0.3, -0.25) is 4.79 Å². The summed E-state index contributed by atoms with van der Waals surface area (Å²) in [6, 6.07) is 17.6. The Kier molecular flexibility index (Phi) is 6.25. The highest BCUT2D eigenvalue weighted by molar-refractivity contribution is 6.08. The highest BCUT2D eigenvalue weighted by Crippen LogP contribution is 2.17. The Bertz CT molecular complexity index is 851. The highest BCUT2D eigenvalue weighted by Gasteiger charge is 2.12. The van der Waals surface area contributed by atoms with E-state index in [0.717, 1.165) is 5.56 Å². The minimum atomic E-state index is -0.383. The highest BCUT2D eigenvalue weighted by atomic mass is 35.5. The van der Waals surface area contributed by atoms with Crippen LogP contribution in [0.5, 0.6) is 5.75 Å². The van der Waals surface area contributed by atoms with Gasteiger partial charge in [0.2, 0.25) is 0 Å². The normalized spacial score (nSPS) is 10.0. The monoisotopic (exact) mass is 357 g/mol. The van der Waals surface area contributed by atoms with Crippen molar-refractivity contribution in [2.24, 2.45) is 0 Å². The lowest BCUT2D eigenvalue weighted by atomic mass is 10.0. The van der Waals surface area contributed by atoms with E-state index in [1.54, 1.807) is 30.3 Å². The van der Waals surface area contributed by atoms with Gasteiger partial charge in [-0.05, 0) is 18.2 Å². The van der Waals surface area contributed by atoms with E-state index in [-0.39, 0.29) is 29.8 Å². The fraction of sp³-hybridized carbons (Fsp3) is 0.100. The first-order valence-corrected chi connectivity index (χ1v) is 7.58. The smallest absolute Gasteiger partial charge is 0.193 e. The summed E-state index contributed by atoms with van der Waals surface area (Å²) in [4.78, 5) is 12.4. The average molecular weight is 358 g/mol. The van der Waals surface area contributed by atoms with E-state index in [0.29, 0.717) is 17.7 Å². The van der Waals surface area contributed by atoms with Crippen molar-refractivity contribution in [1.29, 1.82) is 0 Å². The molecule has 3 rings (SSSR count). The summed E-state index contributed by atoms with van der Waals surface area (Å²) in [5, 5.41) is 0. The second kappa shape index (κ2) is 8.40. The van der Waals surface area contributed by atoms with E-state index in [9.17, 15) is 9.18 Å². The minimum absolute atomic E-state index is 0. The van der Waals surface area contributed by atoms with Gasteiger partial charge >= 0.3 is 0 Å². The molecular weight excluding hydrogens is 341 g/mol. The van der Waals surface area contributed by atoms with Gasteiger partial charge < -0.3 is 17.1 Å². The van der Waals surface area contributed by atoms with Crippen molar-refractivity contribution in [2.45, 2.75) is 6.54 Å². The van der Waals surface area contributed by atoms with Crippen LogP contribution in [-0.4, -0.2) is 12.9 Å². The Hall–Kier alpha value is -2.72. The Morgan fingerprint density at radius 1 is 1.00 bits per heavy atom. The van der Waals surface area contributed by atoms with Crippen LogP contribution in [0.4, 0.5) is 4.39 Å². The molecule has 0 saturated heterocycles. The average Bonchev–Trinajstić information content (AvgIpc) is 2.63. The van der Waals surface area contributed by atoms with Crippen LogP contribution in [-0.2, 0) is 6.54 Å². The first-order chi connectivity index (χ1) is 11.7. The molecule has 3 nitrogen and oxygen atoms in total. The Balaban J connectivity index is 0.00000225. The van der Waals surface area contributed by atoms with Gasteiger partial charge in [0, 0.05) is 28.8 Å². The molecule has 0 radical (unpaired) electrons. The number of carbonyl (C=O) groups is 1. The standard InChI is InChI=1S/C20H17FNO2.ClH/c1-24-19-8-7-15(13-18(19)21)14-22-11-9-17(10-12-22)20(23)16-5-3-2-4-6-16;/h2-13H,14H2,1H3;1H/q+1;/p-1. The van der Waals surface area contributed by atoms with E-state index >= 15 is 0 Å². The Morgan fingerprint density at radius 3 is 2.24 bits per heavy atom. The second-order valence-electron chi connectivity index (χ2n) is 5.42. The van der Waals surface area contributed by atoms with Gasteiger partial charge in [0.15, 0.2) is 36.3 Å². The first kappa shape index (κ1) is 18.6. The van der Waals surface area contributed by atoms with E-state index in [2.05, 4.69) is 0 Å². The topological polar surface area (TPSA) is 30.2 Å². The summed E-state index contributed by atoms with van der Waals surface area (Å²) >= 11 is 0. The zero-order valence-corrected chi connectivity index (χ0v) is 14.4. The molecule has 1 aromatic heterocycles. The summed E-state index contributed by atoms with van der Waals surface area (Å²) < 4.78 is 20.5. The van der Waals surface area contributed by atoms with Crippen molar-refractivity contribution in [3.63, 3.8) is 0 Å². The molecule has 0 saturated carbocycles. The van der Waals surface area contributed by atoms with Crippen LogP contribution in [0.3, 0.4) is 0 Å². The maximum atomic E-state index is 13.7. The number of nitrogens with zero attached hydrogens (tertiary/aromatic N) is 1. The van der Waals surface area contributed by atoms with Crippen molar-refractivity contribution < 1.29 is 30.9 Å². The molecule has 0 N–H and O–H groups in total. The van der Waals surface area contributed by atoms with Crippen molar-refractivity contribution in [3.05, 3.63) is 95.6 Å². The van der Waals surface area contributed by atoms with Gasteiger partial charge in [-0.15, -0.1) is 0 Å². The minimum Gasteiger partial charge on any atom is -1.00 e. The van der Waals surface area contributed by atoms with Crippen molar-refractivity contribution >= 4 is 5.78 Å². The van der Waals surface area contributed by atoms with E-state index in [4.69, 9.17) is 4.74 Å². The van der Waals surface area contributed by atoms with Crippen LogP contribution in [0.15, 0.2) is 73.1 Å². The van der Waals surface area contributed by atoms with Gasteiger partial charge in [0.05, 0.1) is 7.11 Å². The number of benzene rings is 2. The van der Waals surface area contributed by atoms with Crippen LogP contribution in [0, 0.1) is 5.82 Å². The maximum absolute atomic E-state index is 13.7. The van der Waals surface area contributed by atoms with Crippen LogP contribution >= 0.6 is 0 Å². The van der Waals surface area contributed by atoms with Crippen LogP contribution in [0.1, 0.15) is 21.5 Å². The third-order valence-corrected chi connectivity index (χ3v) is 3.77.